The number of fused-ring (bicyclic) bond motifs is 3. The van der Waals surface area contributed by atoms with Crippen molar-refractivity contribution >= 4 is 17.3 Å². The molecule has 2 aliphatic rings. The minimum absolute atomic E-state index is 0.449. The van der Waals surface area contributed by atoms with E-state index in [-0.39, 0.29) is 0 Å². The van der Waals surface area contributed by atoms with E-state index in [0.717, 1.165) is 24.6 Å². The van der Waals surface area contributed by atoms with Crippen LogP contribution in [0.1, 0.15) is 42.3 Å². The zero-order chi connectivity index (χ0) is 15.5. The molecule has 0 aliphatic heterocycles. The van der Waals surface area contributed by atoms with Crippen molar-refractivity contribution in [3.8, 4) is 0 Å². The third kappa shape index (κ3) is 1.93. The van der Waals surface area contributed by atoms with Gasteiger partial charge in [0.15, 0.2) is 5.11 Å². The van der Waals surface area contributed by atoms with Gasteiger partial charge in [-0.05, 0) is 48.4 Å². The maximum absolute atomic E-state index is 5.57. The summed E-state index contributed by atoms with van der Waals surface area (Å²) in [5, 5.41) is 8.76. The number of hydrogen-bond acceptors (Lipinski definition) is 2. The van der Waals surface area contributed by atoms with Crippen molar-refractivity contribution in [3.63, 3.8) is 0 Å². The fourth-order valence-electron chi connectivity index (χ4n) is 4.11. The van der Waals surface area contributed by atoms with Crippen LogP contribution in [0.5, 0.6) is 0 Å². The topological polar surface area (TPSA) is 29.9 Å². The number of hydrogen-bond donors (Lipinski definition) is 1. The highest BCUT2D eigenvalue weighted by atomic mass is 32.1. The molecule has 22 heavy (non-hydrogen) atoms. The second-order valence-electron chi connectivity index (χ2n) is 7.11. The van der Waals surface area contributed by atoms with Gasteiger partial charge in [-0.25, -0.2) is 4.68 Å². The largest absolute Gasteiger partial charge is 0.357 e. The lowest BCUT2D eigenvalue weighted by molar-refractivity contribution is 0.533. The Morgan fingerprint density at radius 2 is 2.09 bits per heavy atom. The van der Waals surface area contributed by atoms with E-state index >= 15 is 0 Å². The predicted molar refractivity (Wildman–Crippen MR) is 92.0 cm³/mol. The predicted octanol–water partition coefficient (Wildman–Crippen LogP) is 3.41. The molecule has 4 rings (SSSR count). The molecular weight excluding hydrogens is 290 g/mol. The molecule has 2 atom stereocenters. The molecule has 2 aromatic rings. The van der Waals surface area contributed by atoms with Crippen LogP contribution in [0.4, 0.5) is 0 Å². The molecule has 2 aliphatic carbocycles. The molecule has 1 aromatic carbocycles. The van der Waals surface area contributed by atoms with Gasteiger partial charge in [-0.1, -0.05) is 44.2 Å². The van der Waals surface area contributed by atoms with Crippen molar-refractivity contribution in [2.75, 3.05) is 0 Å². The summed E-state index contributed by atoms with van der Waals surface area (Å²) in [7, 11) is 0. The molecule has 114 valence electrons. The van der Waals surface area contributed by atoms with E-state index in [1.807, 2.05) is 22.9 Å². The van der Waals surface area contributed by atoms with Crippen LogP contribution in [-0.2, 0) is 13.0 Å². The lowest BCUT2D eigenvalue weighted by atomic mass is 9.98. The Bertz CT molecular complexity index is 745. The molecule has 3 nitrogen and oxygen atoms in total. The molecule has 1 fully saturated rings. The standard InChI is InChI=1S/C18H21N3S/c1-11-15-14(9-13-16(15)18(13,2)3)21(20-11)17(22)19-10-12-7-5-4-6-8-12/h4-8,13,16H,9-10H2,1-3H3,(H,19,22). The minimum Gasteiger partial charge on any atom is -0.357 e. The second-order valence-corrected chi connectivity index (χ2v) is 7.50. The first-order valence-electron chi connectivity index (χ1n) is 7.90. The summed E-state index contributed by atoms with van der Waals surface area (Å²) in [4.78, 5) is 0. The molecule has 4 heteroatoms. The molecule has 1 heterocycles. The Morgan fingerprint density at radius 1 is 1.36 bits per heavy atom. The van der Waals surface area contributed by atoms with Gasteiger partial charge >= 0.3 is 0 Å². The molecule has 1 aromatic heterocycles. The molecule has 2 unspecified atom stereocenters. The van der Waals surface area contributed by atoms with E-state index in [9.17, 15) is 0 Å². The minimum atomic E-state index is 0.449. The van der Waals surface area contributed by atoms with E-state index in [2.05, 4.69) is 38.2 Å². The average Bonchev–Trinajstić information content (AvgIpc) is 2.86. The monoisotopic (exact) mass is 311 g/mol. The molecule has 0 amide bonds. The maximum atomic E-state index is 5.57. The van der Waals surface area contributed by atoms with Crippen molar-refractivity contribution in [2.24, 2.45) is 11.3 Å². The zero-order valence-corrected chi connectivity index (χ0v) is 14.1. The van der Waals surface area contributed by atoms with Gasteiger partial charge in [0.1, 0.15) is 0 Å². The Hall–Kier alpha value is -1.68. The highest BCUT2D eigenvalue weighted by Crippen LogP contribution is 2.70. The summed E-state index contributed by atoms with van der Waals surface area (Å²) in [5.74, 6) is 1.47. The van der Waals surface area contributed by atoms with Crippen molar-refractivity contribution in [2.45, 2.75) is 39.7 Å². The van der Waals surface area contributed by atoms with Crippen LogP contribution in [0, 0.1) is 18.3 Å². The first kappa shape index (κ1) is 13.9. The van der Waals surface area contributed by atoms with Gasteiger partial charge in [-0.3, -0.25) is 0 Å². The molecular formula is C18H21N3S. The fraction of sp³-hybridized carbons (Fsp3) is 0.444. The lowest BCUT2D eigenvalue weighted by Gasteiger charge is -2.13. The van der Waals surface area contributed by atoms with Crippen LogP contribution >= 0.6 is 12.2 Å². The number of aryl methyl sites for hydroxylation is 1. The highest BCUT2D eigenvalue weighted by molar-refractivity contribution is 7.80. The van der Waals surface area contributed by atoms with Gasteiger partial charge < -0.3 is 5.32 Å². The number of nitrogens with one attached hydrogen (secondary N) is 1. The molecule has 0 radical (unpaired) electrons. The SMILES string of the molecule is Cc1nn(C(=S)NCc2ccccc2)c2c1C1C(C2)C1(C)C. The summed E-state index contributed by atoms with van der Waals surface area (Å²) in [6.07, 6.45) is 1.11. The van der Waals surface area contributed by atoms with Gasteiger partial charge in [-0.2, -0.15) is 5.10 Å². The highest BCUT2D eigenvalue weighted by Gasteiger charge is 2.63. The first-order valence-corrected chi connectivity index (χ1v) is 8.31. The number of benzene rings is 1. The molecule has 1 N–H and O–H groups in total. The van der Waals surface area contributed by atoms with Crippen molar-refractivity contribution < 1.29 is 0 Å². The van der Waals surface area contributed by atoms with Crippen LogP contribution in [0.15, 0.2) is 30.3 Å². The molecule has 0 bridgehead atoms. The van der Waals surface area contributed by atoms with Crippen LogP contribution in [0.2, 0.25) is 0 Å². The third-order valence-corrected chi connectivity index (χ3v) is 5.78. The van der Waals surface area contributed by atoms with E-state index in [4.69, 9.17) is 17.3 Å². The van der Waals surface area contributed by atoms with E-state index in [1.54, 1.807) is 0 Å². The zero-order valence-electron chi connectivity index (χ0n) is 13.3. The first-order chi connectivity index (χ1) is 10.5. The lowest BCUT2D eigenvalue weighted by Crippen LogP contribution is -2.30. The average molecular weight is 311 g/mol. The summed E-state index contributed by atoms with van der Waals surface area (Å²) in [5.41, 5.74) is 5.62. The molecule has 1 saturated carbocycles. The van der Waals surface area contributed by atoms with Crippen LogP contribution in [0.25, 0.3) is 0 Å². The van der Waals surface area contributed by atoms with Crippen LogP contribution in [-0.4, -0.2) is 14.9 Å². The fourth-order valence-corrected chi connectivity index (χ4v) is 4.33. The van der Waals surface area contributed by atoms with Gasteiger partial charge in [0.25, 0.3) is 0 Å². The van der Waals surface area contributed by atoms with Crippen molar-refractivity contribution in [1.29, 1.82) is 0 Å². The van der Waals surface area contributed by atoms with Crippen molar-refractivity contribution in [3.05, 3.63) is 52.8 Å². The normalized spacial score (nSPS) is 23.8. The van der Waals surface area contributed by atoms with Crippen molar-refractivity contribution in [1.82, 2.24) is 15.1 Å². The molecule has 0 spiro atoms. The number of rotatable bonds is 2. The van der Waals surface area contributed by atoms with Gasteiger partial charge in [0.05, 0.1) is 11.4 Å². The Balaban J connectivity index is 1.54. The molecule has 0 saturated heterocycles. The summed E-state index contributed by atoms with van der Waals surface area (Å²) >= 11 is 5.57. The summed E-state index contributed by atoms with van der Waals surface area (Å²) in [6, 6.07) is 10.3. The van der Waals surface area contributed by atoms with Crippen LogP contribution in [0.3, 0.4) is 0 Å². The smallest absolute Gasteiger partial charge is 0.194 e. The third-order valence-electron chi connectivity index (χ3n) is 5.46. The van der Waals surface area contributed by atoms with Crippen LogP contribution < -0.4 is 5.32 Å². The van der Waals surface area contributed by atoms with E-state index in [1.165, 1.54) is 16.8 Å². The van der Waals surface area contributed by atoms with Gasteiger partial charge in [0.2, 0.25) is 0 Å². The van der Waals surface area contributed by atoms with Gasteiger partial charge in [0, 0.05) is 12.1 Å². The van der Waals surface area contributed by atoms with Gasteiger partial charge in [-0.15, -0.1) is 0 Å². The summed E-state index contributed by atoms with van der Waals surface area (Å²) < 4.78 is 1.96. The number of aromatic nitrogens is 2. The Morgan fingerprint density at radius 3 is 2.82 bits per heavy atom. The van der Waals surface area contributed by atoms with E-state index in [0.29, 0.717) is 16.4 Å². The number of thiocarbonyl (C=S) groups is 1. The second kappa shape index (κ2) is 4.66. The summed E-state index contributed by atoms with van der Waals surface area (Å²) in [6.45, 7) is 7.60. The maximum Gasteiger partial charge on any atom is 0.194 e. The Labute approximate surface area is 136 Å². The van der Waals surface area contributed by atoms with E-state index < -0.39 is 0 Å². The quantitative estimate of drug-likeness (QED) is 0.862. The number of nitrogens with zero attached hydrogens (tertiary/aromatic N) is 2. The Kier molecular flexibility index (Phi) is 2.95.